The van der Waals surface area contributed by atoms with E-state index in [0.717, 1.165) is 71.8 Å². The van der Waals surface area contributed by atoms with Gasteiger partial charge in [-0.1, -0.05) is 65.8 Å². The summed E-state index contributed by atoms with van der Waals surface area (Å²) in [6.07, 6.45) is 1.65. The van der Waals surface area contributed by atoms with Crippen LogP contribution in [0.2, 0.25) is 0 Å². The quantitative estimate of drug-likeness (QED) is 0.0222. The van der Waals surface area contributed by atoms with Gasteiger partial charge in [0, 0.05) is 110 Å². The van der Waals surface area contributed by atoms with Crippen molar-refractivity contribution in [2.75, 3.05) is 45.8 Å². The fraction of sp³-hybridized carbons (Fsp3) is 0.309. The van der Waals surface area contributed by atoms with Crippen LogP contribution in [0.3, 0.4) is 0 Å². The van der Waals surface area contributed by atoms with Gasteiger partial charge >= 0.3 is 15.2 Å². The standard InChI is InChI=1S/C28H32N3O5P.C27H30N3O6P/c1-5-35-37(34,36-6-2)17-9-16-30-26-14-12-21(28(29-4)23-11-8-7-10-20(23)3)18-24(26)25-19-22(31(32)33)13-15-27(25)30;1-4-35-37(34,36-5-2)16-8-15-29-25-13-11-20(27(28-31)22-10-7-6-9-19(22)3)17-23(25)24-18-21(30(32)33)12-14-26(24)29/h7-8,10-15,18-19H,5-6,9,16-17H2,1-4H3;6-7,9-14,17-18,31H,4-5,8,15-16H2,1-3H3. The highest BCUT2D eigenvalue weighted by molar-refractivity contribution is 7.54. The predicted molar refractivity (Wildman–Crippen MR) is 294 cm³/mol. The average molecular weight is 1050 g/mol. The first kappa shape index (κ1) is 54.9. The van der Waals surface area contributed by atoms with E-state index in [9.17, 15) is 34.6 Å². The molecule has 0 unspecified atom stereocenters. The van der Waals surface area contributed by atoms with Gasteiger partial charge in [0.2, 0.25) is 0 Å². The highest BCUT2D eigenvalue weighted by Gasteiger charge is 2.26. The van der Waals surface area contributed by atoms with Gasteiger partial charge in [0.15, 0.2) is 0 Å². The summed E-state index contributed by atoms with van der Waals surface area (Å²) in [6, 6.07) is 37.2. The van der Waals surface area contributed by atoms with Crippen molar-refractivity contribution in [1.82, 2.24) is 9.13 Å². The summed E-state index contributed by atoms with van der Waals surface area (Å²) < 4.78 is 51.8. The molecule has 0 aliphatic heterocycles. The number of hydrogen-bond acceptors (Lipinski definition) is 13. The second-order valence-corrected chi connectivity index (χ2v) is 21.8. The lowest BCUT2D eigenvalue weighted by atomic mass is 9.97. The lowest BCUT2D eigenvalue weighted by Gasteiger charge is -2.17. The van der Waals surface area contributed by atoms with Gasteiger partial charge < -0.3 is 32.4 Å². The minimum absolute atomic E-state index is 0.0101. The van der Waals surface area contributed by atoms with E-state index in [1.807, 2.05) is 79.7 Å². The molecule has 8 rings (SSSR count). The number of aryl methyl sites for hydroxylation is 4. The number of nitro groups is 2. The summed E-state index contributed by atoms with van der Waals surface area (Å²) in [4.78, 5) is 26.9. The molecule has 0 amide bonds. The van der Waals surface area contributed by atoms with Crippen LogP contribution in [0.4, 0.5) is 11.4 Å². The van der Waals surface area contributed by atoms with Crippen molar-refractivity contribution in [3.63, 3.8) is 0 Å². The van der Waals surface area contributed by atoms with Crippen LogP contribution in [0, 0.1) is 34.1 Å². The normalized spacial score (nSPS) is 12.5. The molecule has 0 fully saturated rings. The zero-order valence-corrected chi connectivity index (χ0v) is 44.5. The highest BCUT2D eigenvalue weighted by Crippen LogP contribution is 2.50. The van der Waals surface area contributed by atoms with Crippen LogP contribution >= 0.6 is 15.2 Å². The molecule has 8 aromatic rings. The van der Waals surface area contributed by atoms with Gasteiger partial charge in [0.25, 0.3) is 11.4 Å². The Bertz CT molecular complexity index is 3260. The highest BCUT2D eigenvalue weighted by atomic mass is 31.2. The Morgan fingerprint density at radius 3 is 1.24 bits per heavy atom. The van der Waals surface area contributed by atoms with E-state index in [0.29, 0.717) is 75.2 Å². The smallest absolute Gasteiger partial charge is 0.330 e. The Balaban J connectivity index is 0.000000216. The number of rotatable bonds is 22. The van der Waals surface area contributed by atoms with Crippen LogP contribution in [0.15, 0.2) is 131 Å². The summed E-state index contributed by atoms with van der Waals surface area (Å²) >= 11 is 0. The van der Waals surface area contributed by atoms with E-state index in [4.69, 9.17) is 18.1 Å². The number of aliphatic imine (C=N–C) groups is 1. The zero-order valence-electron chi connectivity index (χ0n) is 42.7. The van der Waals surface area contributed by atoms with Gasteiger partial charge in [0.05, 0.1) is 54.3 Å². The van der Waals surface area contributed by atoms with Crippen molar-refractivity contribution in [3.8, 4) is 0 Å². The SMILES string of the molecule is CCOP(=O)(CCCn1c2ccc(C(=NC)c3ccccc3C)cc2c2cc([N+](=O)[O-])ccc21)OCC.CCOP(=O)(CCCn1c2ccc(C(=NO)c3ccccc3C)cc2c2cc([N+](=O)[O-])ccc21)OCC. The van der Waals surface area contributed by atoms with Crippen LogP contribution in [0.25, 0.3) is 43.6 Å². The minimum atomic E-state index is -3.19. The monoisotopic (exact) mass is 1040 g/mol. The molecule has 0 bridgehead atoms. The van der Waals surface area contributed by atoms with Crippen molar-refractivity contribution in [3.05, 3.63) is 175 Å². The van der Waals surface area contributed by atoms with E-state index in [-0.39, 0.29) is 22.5 Å². The van der Waals surface area contributed by atoms with Crippen LogP contribution in [0.5, 0.6) is 0 Å². The molecule has 0 saturated carbocycles. The number of non-ortho nitro benzene ring substituents is 2. The zero-order chi connectivity index (χ0) is 53.2. The first-order chi connectivity index (χ1) is 35.6. The maximum absolute atomic E-state index is 13.0. The second kappa shape index (κ2) is 24.5. The largest absolute Gasteiger partial charge is 0.410 e. The maximum Gasteiger partial charge on any atom is 0.330 e. The Kier molecular flexibility index (Phi) is 18.2. The van der Waals surface area contributed by atoms with Gasteiger partial charge in [0.1, 0.15) is 5.71 Å². The third kappa shape index (κ3) is 12.1. The summed E-state index contributed by atoms with van der Waals surface area (Å²) in [5.41, 5.74) is 10.4. The van der Waals surface area contributed by atoms with Crippen molar-refractivity contribution in [2.45, 2.75) is 67.5 Å². The summed E-state index contributed by atoms with van der Waals surface area (Å²) in [7, 11) is -4.58. The third-order valence-corrected chi connectivity index (χ3v) is 17.1. The molecule has 0 aliphatic rings. The number of fused-ring (bicyclic) bond motifs is 6. The molecule has 2 heterocycles. The molecule has 0 aliphatic carbocycles. The number of oxime groups is 1. The van der Waals surface area contributed by atoms with Gasteiger partial charge in [-0.15, -0.1) is 0 Å². The van der Waals surface area contributed by atoms with E-state index in [1.54, 1.807) is 59.0 Å². The van der Waals surface area contributed by atoms with E-state index in [2.05, 4.69) is 38.3 Å². The van der Waals surface area contributed by atoms with Gasteiger partial charge in [-0.2, -0.15) is 0 Å². The molecule has 0 radical (unpaired) electrons. The van der Waals surface area contributed by atoms with Crippen LogP contribution in [0.1, 0.15) is 73.9 Å². The fourth-order valence-corrected chi connectivity index (χ4v) is 12.8. The van der Waals surface area contributed by atoms with Crippen LogP contribution in [-0.4, -0.2) is 81.4 Å². The Labute approximate surface area is 429 Å². The van der Waals surface area contributed by atoms with Crippen LogP contribution in [-0.2, 0) is 40.3 Å². The van der Waals surface area contributed by atoms with Crippen LogP contribution < -0.4 is 0 Å². The maximum atomic E-state index is 13.0. The number of nitro benzene ring substituents is 2. The first-order valence-corrected chi connectivity index (χ1v) is 28.1. The van der Waals surface area contributed by atoms with Crippen molar-refractivity contribution in [1.29, 1.82) is 0 Å². The van der Waals surface area contributed by atoms with Gasteiger partial charge in [-0.25, -0.2) is 0 Å². The molecular weight excluding hydrogens is 983 g/mol. The van der Waals surface area contributed by atoms with Gasteiger partial charge in [-0.3, -0.25) is 34.4 Å². The molecule has 19 heteroatoms. The predicted octanol–water partition coefficient (Wildman–Crippen LogP) is 14.0. The Morgan fingerprint density at radius 2 is 0.892 bits per heavy atom. The second-order valence-electron chi connectivity index (χ2n) is 17.4. The topological polar surface area (TPSA) is 212 Å². The van der Waals surface area contributed by atoms with Crippen molar-refractivity contribution in [2.24, 2.45) is 10.1 Å². The fourth-order valence-electron chi connectivity index (χ4n) is 9.50. The minimum Gasteiger partial charge on any atom is -0.410 e. The Hall–Kier alpha value is -6.84. The first-order valence-electron chi connectivity index (χ1n) is 24.6. The molecule has 17 nitrogen and oxygen atoms in total. The molecule has 0 spiro atoms. The number of aromatic nitrogens is 2. The molecule has 6 aromatic carbocycles. The van der Waals surface area contributed by atoms with E-state index in [1.165, 1.54) is 12.1 Å². The average Bonchev–Trinajstić information content (AvgIpc) is 3.86. The number of hydrogen-bond donors (Lipinski definition) is 1. The summed E-state index contributed by atoms with van der Waals surface area (Å²) in [5.74, 6) is 0. The molecule has 0 saturated heterocycles. The van der Waals surface area contributed by atoms with E-state index < -0.39 is 20.1 Å². The lowest BCUT2D eigenvalue weighted by molar-refractivity contribution is -0.384. The number of nitrogens with zero attached hydrogens (tertiary/aromatic N) is 6. The molecule has 0 atom stereocenters. The van der Waals surface area contributed by atoms with E-state index >= 15 is 0 Å². The summed E-state index contributed by atoms with van der Waals surface area (Å²) in [6.45, 7) is 13.5. The lowest BCUT2D eigenvalue weighted by Crippen LogP contribution is -2.06. The Morgan fingerprint density at radius 1 is 0.541 bits per heavy atom. The molecular formula is C55H62N6O11P2. The summed E-state index contributed by atoms with van der Waals surface area (Å²) in [5, 5.41) is 39.8. The molecule has 388 valence electrons. The number of benzene rings is 6. The van der Waals surface area contributed by atoms with Gasteiger partial charge in [-0.05, 0) is 102 Å². The molecule has 74 heavy (non-hydrogen) atoms. The van der Waals surface area contributed by atoms with Crippen molar-refractivity contribution >= 4 is 81.6 Å². The van der Waals surface area contributed by atoms with Crippen molar-refractivity contribution < 1.29 is 42.3 Å². The third-order valence-electron chi connectivity index (χ3n) is 12.7. The molecule has 2 aromatic heterocycles. The molecule has 1 N–H and O–H groups in total.